The molecule has 0 atom stereocenters. The molecule has 18 heavy (non-hydrogen) atoms. The molecule has 0 radical (unpaired) electrons. The zero-order valence-electron chi connectivity index (χ0n) is 9.73. The van der Waals surface area contributed by atoms with Crippen molar-refractivity contribution in [2.45, 2.75) is 6.92 Å². The highest BCUT2D eigenvalue weighted by Crippen LogP contribution is 2.13. The smallest absolute Gasteiger partial charge is 0.264 e. The first-order valence-corrected chi connectivity index (χ1v) is 5.29. The summed E-state index contributed by atoms with van der Waals surface area (Å²) in [7, 11) is 0. The molecule has 2 aromatic rings. The number of rotatable bonds is 2. The first kappa shape index (κ1) is 11.8. The van der Waals surface area contributed by atoms with Crippen molar-refractivity contribution in [3.05, 3.63) is 51.8 Å². The molecule has 1 aromatic heterocycles. The summed E-state index contributed by atoms with van der Waals surface area (Å²) in [6.45, 7) is 1.82. The first-order chi connectivity index (χ1) is 8.56. The Hall–Kier alpha value is -2.63. The van der Waals surface area contributed by atoms with Crippen LogP contribution in [0.5, 0.6) is 0 Å². The molecular weight excluding hydrogens is 232 g/mol. The van der Waals surface area contributed by atoms with Crippen molar-refractivity contribution >= 4 is 17.4 Å². The van der Waals surface area contributed by atoms with E-state index in [1.165, 1.54) is 12.1 Å². The normalized spacial score (nSPS) is 10.1. The number of H-pyrrole nitrogens is 1. The highest BCUT2D eigenvalue weighted by molar-refractivity contribution is 6.04. The van der Waals surface area contributed by atoms with Crippen LogP contribution in [0.4, 0.5) is 11.5 Å². The second-order valence-electron chi connectivity index (χ2n) is 3.83. The van der Waals surface area contributed by atoms with E-state index in [4.69, 9.17) is 5.73 Å². The minimum atomic E-state index is -0.323. The number of anilines is 2. The maximum Gasteiger partial charge on any atom is 0.264 e. The van der Waals surface area contributed by atoms with Gasteiger partial charge in [0.05, 0.1) is 0 Å². The largest absolute Gasteiger partial charge is 0.399 e. The lowest BCUT2D eigenvalue weighted by atomic mass is 10.1. The molecule has 0 unspecified atom stereocenters. The number of aromatic amines is 1. The number of hydrogen-bond acceptors (Lipinski definition) is 4. The Labute approximate surface area is 103 Å². The third kappa shape index (κ3) is 2.54. The number of aryl methyl sites for hydroxylation is 1. The van der Waals surface area contributed by atoms with Crippen LogP contribution in [0.3, 0.4) is 0 Å². The van der Waals surface area contributed by atoms with E-state index in [9.17, 15) is 9.59 Å². The molecule has 92 valence electrons. The second-order valence-corrected chi connectivity index (χ2v) is 3.83. The summed E-state index contributed by atoms with van der Waals surface area (Å²) < 4.78 is 0. The quantitative estimate of drug-likeness (QED) is 0.683. The summed E-state index contributed by atoms with van der Waals surface area (Å²) in [4.78, 5) is 22.7. The molecule has 0 fully saturated rings. The Bertz CT molecular complexity index is 628. The van der Waals surface area contributed by atoms with E-state index in [2.05, 4.69) is 15.5 Å². The average molecular weight is 244 g/mol. The minimum absolute atomic E-state index is 0.286. The number of carbonyl (C=O) groups is 1. The lowest BCUT2D eigenvalue weighted by molar-refractivity contribution is 0.102. The van der Waals surface area contributed by atoms with Crippen LogP contribution >= 0.6 is 0 Å². The van der Waals surface area contributed by atoms with Crippen molar-refractivity contribution in [3.8, 4) is 0 Å². The van der Waals surface area contributed by atoms with Crippen molar-refractivity contribution < 1.29 is 4.79 Å². The Balaban J connectivity index is 2.19. The number of nitrogens with one attached hydrogen (secondary N) is 2. The molecule has 0 saturated heterocycles. The number of aromatic nitrogens is 2. The van der Waals surface area contributed by atoms with Gasteiger partial charge in [-0.3, -0.25) is 9.59 Å². The topological polar surface area (TPSA) is 101 Å². The minimum Gasteiger partial charge on any atom is -0.399 e. The van der Waals surface area contributed by atoms with E-state index >= 15 is 0 Å². The first-order valence-electron chi connectivity index (χ1n) is 5.29. The molecule has 0 spiro atoms. The molecule has 0 saturated carbocycles. The van der Waals surface area contributed by atoms with Crippen molar-refractivity contribution in [1.82, 2.24) is 10.2 Å². The fourth-order valence-corrected chi connectivity index (χ4v) is 1.42. The number of nitrogens with two attached hydrogens (primary N) is 1. The Morgan fingerprint density at radius 3 is 2.72 bits per heavy atom. The molecule has 1 heterocycles. The monoisotopic (exact) mass is 244 g/mol. The van der Waals surface area contributed by atoms with Crippen LogP contribution in [0.1, 0.15) is 15.9 Å². The van der Waals surface area contributed by atoms with Gasteiger partial charge in [-0.1, -0.05) is 0 Å². The molecule has 6 nitrogen and oxygen atoms in total. The molecule has 1 aromatic carbocycles. The third-order valence-electron chi connectivity index (χ3n) is 2.45. The molecule has 0 aliphatic heterocycles. The fraction of sp³-hybridized carbons (Fsp3) is 0.0833. The standard InChI is InChI=1S/C12H12N4O2/c1-7-6-8(2-3-9(7)13)12(18)14-10-4-5-11(17)16-15-10/h2-6H,13H2,1H3,(H,16,17)(H,14,15,18). The van der Waals surface area contributed by atoms with Crippen LogP contribution in [0.2, 0.25) is 0 Å². The van der Waals surface area contributed by atoms with E-state index in [0.717, 1.165) is 5.56 Å². The van der Waals surface area contributed by atoms with Crippen LogP contribution in [-0.4, -0.2) is 16.1 Å². The van der Waals surface area contributed by atoms with Crippen molar-refractivity contribution in [1.29, 1.82) is 0 Å². The molecule has 0 bridgehead atoms. The number of benzene rings is 1. The van der Waals surface area contributed by atoms with Crippen LogP contribution in [0, 0.1) is 6.92 Å². The molecule has 4 N–H and O–H groups in total. The summed E-state index contributed by atoms with van der Waals surface area (Å²) in [6.07, 6.45) is 0. The molecular formula is C12H12N4O2. The maximum absolute atomic E-state index is 11.9. The lowest BCUT2D eigenvalue weighted by Gasteiger charge is -2.05. The van der Waals surface area contributed by atoms with E-state index in [-0.39, 0.29) is 17.3 Å². The molecule has 0 aliphatic rings. The van der Waals surface area contributed by atoms with Gasteiger partial charge in [0.2, 0.25) is 0 Å². The van der Waals surface area contributed by atoms with Gasteiger partial charge in [0.15, 0.2) is 5.82 Å². The fourth-order valence-electron chi connectivity index (χ4n) is 1.42. The Morgan fingerprint density at radius 1 is 1.33 bits per heavy atom. The summed E-state index contributed by atoms with van der Waals surface area (Å²) in [5.41, 5.74) is 7.30. The number of carbonyl (C=O) groups excluding carboxylic acids is 1. The lowest BCUT2D eigenvalue weighted by Crippen LogP contribution is -2.16. The van der Waals surface area contributed by atoms with Crippen molar-refractivity contribution in [2.75, 3.05) is 11.1 Å². The van der Waals surface area contributed by atoms with Crippen molar-refractivity contribution in [3.63, 3.8) is 0 Å². The van der Waals surface area contributed by atoms with E-state index in [0.29, 0.717) is 11.3 Å². The highest BCUT2D eigenvalue weighted by Gasteiger charge is 2.07. The van der Waals surface area contributed by atoms with Gasteiger partial charge in [-0.25, -0.2) is 5.10 Å². The summed E-state index contributed by atoms with van der Waals surface area (Å²) in [5.74, 6) is -0.0215. The Kier molecular flexibility index (Phi) is 3.09. The molecule has 1 amide bonds. The van der Waals surface area contributed by atoms with Gasteiger partial charge >= 0.3 is 0 Å². The molecule has 0 aliphatic carbocycles. The van der Waals surface area contributed by atoms with Gasteiger partial charge in [0, 0.05) is 17.3 Å². The van der Waals surface area contributed by atoms with E-state index in [1.807, 2.05) is 6.92 Å². The van der Waals surface area contributed by atoms with E-state index in [1.54, 1.807) is 18.2 Å². The summed E-state index contributed by atoms with van der Waals surface area (Å²) in [5, 5.41) is 8.50. The molecule has 2 rings (SSSR count). The second kappa shape index (κ2) is 4.70. The van der Waals surface area contributed by atoms with Crippen LogP contribution in [0.25, 0.3) is 0 Å². The third-order valence-corrected chi connectivity index (χ3v) is 2.45. The highest BCUT2D eigenvalue weighted by atomic mass is 16.2. The average Bonchev–Trinajstić information content (AvgIpc) is 2.35. The van der Waals surface area contributed by atoms with Gasteiger partial charge in [0.1, 0.15) is 0 Å². The summed E-state index contributed by atoms with van der Waals surface area (Å²) in [6, 6.07) is 7.71. The van der Waals surface area contributed by atoms with Crippen LogP contribution in [-0.2, 0) is 0 Å². The number of nitrogen functional groups attached to an aromatic ring is 1. The Morgan fingerprint density at radius 2 is 2.11 bits per heavy atom. The SMILES string of the molecule is Cc1cc(C(=O)Nc2ccc(=O)[nH]n2)ccc1N. The number of hydrogen-bond donors (Lipinski definition) is 3. The number of amides is 1. The van der Waals surface area contributed by atoms with Crippen LogP contribution in [0.15, 0.2) is 35.1 Å². The van der Waals surface area contributed by atoms with E-state index < -0.39 is 0 Å². The van der Waals surface area contributed by atoms with Crippen LogP contribution < -0.4 is 16.6 Å². The number of nitrogens with zero attached hydrogens (tertiary/aromatic N) is 1. The van der Waals surface area contributed by atoms with Gasteiger partial charge in [-0.2, -0.15) is 5.10 Å². The zero-order chi connectivity index (χ0) is 13.1. The van der Waals surface area contributed by atoms with Gasteiger partial charge in [0.25, 0.3) is 11.5 Å². The van der Waals surface area contributed by atoms with Crippen molar-refractivity contribution in [2.24, 2.45) is 0 Å². The zero-order valence-corrected chi connectivity index (χ0v) is 9.73. The maximum atomic E-state index is 11.9. The van der Waals surface area contributed by atoms with Gasteiger partial charge in [-0.15, -0.1) is 0 Å². The van der Waals surface area contributed by atoms with Gasteiger partial charge in [-0.05, 0) is 36.8 Å². The summed E-state index contributed by atoms with van der Waals surface area (Å²) >= 11 is 0. The predicted molar refractivity (Wildman–Crippen MR) is 68.4 cm³/mol. The van der Waals surface area contributed by atoms with Gasteiger partial charge < -0.3 is 11.1 Å². The molecule has 6 heteroatoms. The predicted octanol–water partition coefficient (Wildman–Crippen LogP) is 0.913.